The highest BCUT2D eigenvalue weighted by molar-refractivity contribution is 9.10. The zero-order chi connectivity index (χ0) is 13.3. The summed E-state index contributed by atoms with van der Waals surface area (Å²) in [6.45, 7) is 0. The van der Waals surface area contributed by atoms with Crippen LogP contribution < -0.4 is 9.47 Å². The third-order valence-corrected chi connectivity index (χ3v) is 3.98. The van der Waals surface area contributed by atoms with Gasteiger partial charge in [0.2, 0.25) is 0 Å². The molecule has 0 aromatic heterocycles. The minimum atomic E-state index is -0.765. The molecule has 0 amide bonds. The molecule has 18 heavy (non-hydrogen) atoms. The Morgan fingerprint density at radius 1 is 1.39 bits per heavy atom. The summed E-state index contributed by atoms with van der Waals surface area (Å²) in [5.41, 5.74) is 0.767. The van der Waals surface area contributed by atoms with Gasteiger partial charge in [0.1, 0.15) is 0 Å². The van der Waals surface area contributed by atoms with Gasteiger partial charge in [-0.25, -0.2) is 0 Å². The quantitative estimate of drug-likeness (QED) is 0.907. The van der Waals surface area contributed by atoms with Crippen LogP contribution >= 0.6 is 15.9 Å². The SMILES string of the molecule is COc1cc(C2(CC(=O)O)CC2)cc(Br)c1OC. The molecule has 0 unspecified atom stereocenters. The summed E-state index contributed by atoms with van der Waals surface area (Å²) in [6.07, 6.45) is 1.97. The Labute approximate surface area is 114 Å². The fourth-order valence-electron chi connectivity index (χ4n) is 2.23. The van der Waals surface area contributed by atoms with Crippen molar-refractivity contribution in [2.24, 2.45) is 0 Å². The second-order valence-corrected chi connectivity index (χ2v) is 5.40. The molecule has 4 nitrogen and oxygen atoms in total. The van der Waals surface area contributed by atoms with Gasteiger partial charge < -0.3 is 14.6 Å². The number of halogens is 1. The molecule has 1 aromatic rings. The highest BCUT2D eigenvalue weighted by atomic mass is 79.9. The van der Waals surface area contributed by atoms with Gasteiger partial charge in [0.15, 0.2) is 11.5 Å². The van der Waals surface area contributed by atoms with Gasteiger partial charge in [0.25, 0.3) is 0 Å². The summed E-state index contributed by atoms with van der Waals surface area (Å²) >= 11 is 3.43. The van der Waals surface area contributed by atoms with Crippen LogP contribution in [0.15, 0.2) is 16.6 Å². The van der Waals surface area contributed by atoms with Crippen molar-refractivity contribution in [2.45, 2.75) is 24.7 Å². The first-order chi connectivity index (χ1) is 8.52. The van der Waals surface area contributed by atoms with Crippen LogP contribution in [0, 0.1) is 0 Å². The summed E-state index contributed by atoms with van der Waals surface area (Å²) in [5.74, 6) is 0.490. The number of carboxylic acids is 1. The van der Waals surface area contributed by atoms with E-state index in [1.807, 2.05) is 12.1 Å². The van der Waals surface area contributed by atoms with Gasteiger partial charge in [0, 0.05) is 5.41 Å². The predicted octanol–water partition coefficient (Wildman–Crippen LogP) is 2.97. The molecule has 2 rings (SSSR count). The van der Waals surface area contributed by atoms with E-state index >= 15 is 0 Å². The fraction of sp³-hybridized carbons (Fsp3) is 0.462. The smallest absolute Gasteiger partial charge is 0.304 e. The highest BCUT2D eigenvalue weighted by Crippen LogP contribution is 2.53. The molecule has 1 N–H and O–H groups in total. The second-order valence-electron chi connectivity index (χ2n) is 4.54. The average molecular weight is 315 g/mol. The maximum absolute atomic E-state index is 10.9. The molecule has 98 valence electrons. The van der Waals surface area contributed by atoms with Crippen LogP contribution in [0.1, 0.15) is 24.8 Å². The largest absolute Gasteiger partial charge is 0.493 e. The normalized spacial score (nSPS) is 16.2. The molecule has 0 bridgehead atoms. The number of methoxy groups -OCH3 is 2. The van der Waals surface area contributed by atoms with E-state index in [0.29, 0.717) is 11.5 Å². The van der Waals surface area contributed by atoms with Gasteiger partial charge in [-0.3, -0.25) is 4.79 Å². The van der Waals surface area contributed by atoms with Crippen molar-refractivity contribution in [3.63, 3.8) is 0 Å². The molecule has 1 aliphatic carbocycles. The number of carboxylic acid groups (broad SMARTS) is 1. The van der Waals surface area contributed by atoms with Gasteiger partial charge in [-0.1, -0.05) is 0 Å². The third kappa shape index (κ3) is 2.32. The van der Waals surface area contributed by atoms with E-state index in [-0.39, 0.29) is 11.8 Å². The van der Waals surface area contributed by atoms with Gasteiger partial charge in [-0.2, -0.15) is 0 Å². The topological polar surface area (TPSA) is 55.8 Å². The summed E-state index contributed by atoms with van der Waals surface area (Å²) in [5, 5.41) is 8.98. The van der Waals surface area contributed by atoms with Gasteiger partial charge >= 0.3 is 5.97 Å². The molecule has 0 atom stereocenters. The van der Waals surface area contributed by atoms with Crippen molar-refractivity contribution in [2.75, 3.05) is 14.2 Å². The first-order valence-corrected chi connectivity index (χ1v) is 6.45. The van der Waals surface area contributed by atoms with Gasteiger partial charge in [-0.15, -0.1) is 0 Å². The molecule has 0 heterocycles. The number of aliphatic carboxylic acids is 1. The number of ether oxygens (including phenoxy) is 2. The summed E-state index contributed by atoms with van der Waals surface area (Å²) in [7, 11) is 3.15. The lowest BCUT2D eigenvalue weighted by molar-refractivity contribution is -0.137. The Balaban J connectivity index is 2.41. The average Bonchev–Trinajstić information content (AvgIpc) is 3.07. The Morgan fingerprint density at radius 2 is 2.06 bits per heavy atom. The van der Waals surface area contributed by atoms with E-state index in [2.05, 4.69) is 15.9 Å². The molecule has 1 aromatic carbocycles. The van der Waals surface area contributed by atoms with Crippen LogP contribution in [0.3, 0.4) is 0 Å². The summed E-state index contributed by atoms with van der Waals surface area (Å²) in [4.78, 5) is 10.9. The van der Waals surface area contributed by atoms with Crippen molar-refractivity contribution >= 4 is 21.9 Å². The highest BCUT2D eigenvalue weighted by Gasteiger charge is 2.46. The molecule has 5 heteroatoms. The van der Waals surface area contributed by atoms with Crippen LogP contribution in [0.4, 0.5) is 0 Å². The van der Waals surface area contributed by atoms with Crippen molar-refractivity contribution < 1.29 is 19.4 Å². The lowest BCUT2D eigenvalue weighted by Gasteiger charge is -2.17. The maximum atomic E-state index is 10.9. The molecule has 0 radical (unpaired) electrons. The van der Waals surface area contributed by atoms with E-state index in [1.165, 1.54) is 0 Å². The predicted molar refractivity (Wildman–Crippen MR) is 70.4 cm³/mol. The minimum Gasteiger partial charge on any atom is -0.493 e. The number of hydrogen-bond donors (Lipinski definition) is 1. The zero-order valence-electron chi connectivity index (χ0n) is 10.3. The number of carbonyl (C=O) groups is 1. The standard InChI is InChI=1S/C13H15BrO4/c1-17-10-6-8(5-9(14)12(10)18-2)13(3-4-13)7-11(15)16/h5-6H,3-4,7H2,1-2H3,(H,15,16). The van der Waals surface area contributed by atoms with Gasteiger partial charge in [-0.05, 0) is 46.5 Å². The Kier molecular flexibility index (Phi) is 3.52. The van der Waals surface area contributed by atoms with Crippen molar-refractivity contribution in [1.82, 2.24) is 0 Å². The Hall–Kier alpha value is -1.23. The molecular weight excluding hydrogens is 300 g/mol. The number of rotatable bonds is 5. The van der Waals surface area contributed by atoms with E-state index in [4.69, 9.17) is 14.6 Å². The molecule has 0 aliphatic heterocycles. The molecule has 1 saturated carbocycles. The molecular formula is C13H15BrO4. The van der Waals surface area contributed by atoms with Gasteiger partial charge in [0.05, 0.1) is 25.1 Å². The first-order valence-electron chi connectivity index (χ1n) is 5.66. The van der Waals surface area contributed by atoms with Crippen molar-refractivity contribution in [3.8, 4) is 11.5 Å². The second kappa shape index (κ2) is 4.80. The van der Waals surface area contributed by atoms with E-state index in [0.717, 1.165) is 22.9 Å². The number of benzene rings is 1. The van der Waals surface area contributed by atoms with Crippen LogP contribution in [-0.2, 0) is 10.2 Å². The maximum Gasteiger partial charge on any atom is 0.304 e. The molecule has 0 saturated heterocycles. The van der Waals surface area contributed by atoms with E-state index < -0.39 is 5.97 Å². The van der Waals surface area contributed by atoms with Crippen molar-refractivity contribution in [3.05, 3.63) is 22.2 Å². The van der Waals surface area contributed by atoms with Crippen LogP contribution in [0.2, 0.25) is 0 Å². The van der Waals surface area contributed by atoms with Crippen LogP contribution in [0.25, 0.3) is 0 Å². The summed E-state index contributed by atoms with van der Waals surface area (Å²) in [6, 6.07) is 3.80. The third-order valence-electron chi connectivity index (χ3n) is 3.39. The first kappa shape index (κ1) is 13.2. The summed E-state index contributed by atoms with van der Waals surface area (Å²) < 4.78 is 11.3. The molecule has 1 fully saturated rings. The van der Waals surface area contributed by atoms with Crippen molar-refractivity contribution in [1.29, 1.82) is 0 Å². The van der Waals surface area contributed by atoms with Crippen LogP contribution in [0.5, 0.6) is 11.5 Å². The Morgan fingerprint density at radius 3 is 2.50 bits per heavy atom. The zero-order valence-corrected chi connectivity index (χ0v) is 11.9. The number of hydrogen-bond acceptors (Lipinski definition) is 3. The lowest BCUT2D eigenvalue weighted by atomic mass is 9.92. The molecule has 0 spiro atoms. The molecule has 1 aliphatic rings. The fourth-order valence-corrected chi connectivity index (χ4v) is 2.84. The van der Waals surface area contributed by atoms with E-state index in [1.54, 1.807) is 14.2 Å². The lowest BCUT2D eigenvalue weighted by Crippen LogP contribution is -2.13. The van der Waals surface area contributed by atoms with Crippen LogP contribution in [-0.4, -0.2) is 25.3 Å². The monoisotopic (exact) mass is 314 g/mol. The van der Waals surface area contributed by atoms with E-state index in [9.17, 15) is 4.79 Å². The Bertz CT molecular complexity index is 480. The minimum absolute atomic E-state index is 0.162.